The van der Waals surface area contributed by atoms with Crippen LogP contribution in [0.5, 0.6) is 0 Å². The number of halogens is 1. The van der Waals surface area contributed by atoms with Crippen molar-refractivity contribution in [2.45, 2.75) is 12.8 Å². The van der Waals surface area contributed by atoms with E-state index < -0.39 is 0 Å². The minimum Gasteiger partial charge on any atom is -0.385 e. The molecule has 0 amide bonds. The van der Waals surface area contributed by atoms with E-state index in [1.54, 1.807) is 7.11 Å². The van der Waals surface area contributed by atoms with E-state index in [1.165, 1.54) is 19.5 Å². The van der Waals surface area contributed by atoms with E-state index in [9.17, 15) is 0 Å². The van der Waals surface area contributed by atoms with Gasteiger partial charge in [0, 0.05) is 40.4 Å². The first kappa shape index (κ1) is 17.9. The third-order valence-corrected chi connectivity index (χ3v) is 3.09. The summed E-state index contributed by atoms with van der Waals surface area (Å²) in [4.78, 5) is 6.58. The molecule has 1 rings (SSSR count). The standard InChI is InChI=1S/C12H26N4O.HI/c1-13-12(14-6-4-8-17-3)15-9-11-5-7-16(2)10-11;/h11H,4-10H2,1-3H3,(H2,13,14,15);1H. The molecule has 1 atom stereocenters. The minimum atomic E-state index is 0. The smallest absolute Gasteiger partial charge is 0.190 e. The lowest BCUT2D eigenvalue weighted by Crippen LogP contribution is -2.40. The summed E-state index contributed by atoms with van der Waals surface area (Å²) in [6.45, 7) is 5.10. The van der Waals surface area contributed by atoms with E-state index in [2.05, 4.69) is 27.6 Å². The van der Waals surface area contributed by atoms with Gasteiger partial charge in [0.05, 0.1) is 0 Å². The maximum absolute atomic E-state index is 5.00. The Hall–Kier alpha value is -0.0800. The Morgan fingerprint density at radius 2 is 2.22 bits per heavy atom. The van der Waals surface area contributed by atoms with Crippen LogP contribution in [-0.2, 0) is 4.74 Å². The molecular formula is C12H27IN4O. The summed E-state index contributed by atoms with van der Waals surface area (Å²) in [5.74, 6) is 1.65. The summed E-state index contributed by atoms with van der Waals surface area (Å²) in [5.41, 5.74) is 0. The molecule has 0 aromatic heterocycles. The van der Waals surface area contributed by atoms with Gasteiger partial charge in [0.2, 0.25) is 0 Å². The first-order valence-corrected chi connectivity index (χ1v) is 6.38. The van der Waals surface area contributed by atoms with Gasteiger partial charge in [-0.25, -0.2) is 0 Å². The molecule has 5 nitrogen and oxygen atoms in total. The highest BCUT2D eigenvalue weighted by Crippen LogP contribution is 2.12. The van der Waals surface area contributed by atoms with E-state index in [1.807, 2.05) is 7.05 Å². The summed E-state index contributed by atoms with van der Waals surface area (Å²) in [6.07, 6.45) is 2.29. The summed E-state index contributed by atoms with van der Waals surface area (Å²) < 4.78 is 5.00. The van der Waals surface area contributed by atoms with Crippen LogP contribution in [0.2, 0.25) is 0 Å². The molecule has 1 aliphatic heterocycles. The molecule has 0 aliphatic carbocycles. The van der Waals surface area contributed by atoms with E-state index in [0.717, 1.165) is 38.0 Å². The van der Waals surface area contributed by atoms with Crippen LogP contribution in [0.3, 0.4) is 0 Å². The molecule has 2 N–H and O–H groups in total. The zero-order valence-corrected chi connectivity index (χ0v) is 14.1. The summed E-state index contributed by atoms with van der Waals surface area (Å²) in [7, 11) is 5.72. The van der Waals surface area contributed by atoms with Gasteiger partial charge in [-0.2, -0.15) is 0 Å². The van der Waals surface area contributed by atoms with Crippen LogP contribution in [0.25, 0.3) is 0 Å². The Kier molecular flexibility index (Phi) is 10.8. The number of likely N-dealkylation sites (tertiary alicyclic amines) is 1. The SMILES string of the molecule is CN=C(NCCCOC)NCC1CCN(C)C1.I. The molecule has 1 aliphatic rings. The molecule has 0 spiro atoms. The van der Waals surface area contributed by atoms with Gasteiger partial charge in [-0.1, -0.05) is 0 Å². The molecule has 6 heteroatoms. The molecule has 0 radical (unpaired) electrons. The summed E-state index contributed by atoms with van der Waals surface area (Å²) in [6, 6.07) is 0. The topological polar surface area (TPSA) is 48.9 Å². The third-order valence-electron chi connectivity index (χ3n) is 3.09. The van der Waals surface area contributed by atoms with Crippen molar-refractivity contribution < 1.29 is 4.74 Å². The van der Waals surface area contributed by atoms with Crippen molar-refractivity contribution in [1.29, 1.82) is 0 Å². The van der Waals surface area contributed by atoms with Crippen LogP contribution in [0, 0.1) is 5.92 Å². The van der Waals surface area contributed by atoms with Crippen LogP contribution in [0.15, 0.2) is 4.99 Å². The van der Waals surface area contributed by atoms with E-state index in [-0.39, 0.29) is 24.0 Å². The van der Waals surface area contributed by atoms with Crippen LogP contribution >= 0.6 is 24.0 Å². The van der Waals surface area contributed by atoms with E-state index in [0.29, 0.717) is 0 Å². The van der Waals surface area contributed by atoms with Crippen LogP contribution < -0.4 is 10.6 Å². The number of hydrogen-bond donors (Lipinski definition) is 2. The minimum absolute atomic E-state index is 0. The predicted molar refractivity (Wildman–Crippen MR) is 86.9 cm³/mol. The molecular weight excluding hydrogens is 343 g/mol. The van der Waals surface area contributed by atoms with Gasteiger partial charge in [0.15, 0.2) is 5.96 Å². The van der Waals surface area contributed by atoms with Crippen LogP contribution in [-0.4, -0.2) is 64.9 Å². The number of hydrogen-bond acceptors (Lipinski definition) is 3. The largest absolute Gasteiger partial charge is 0.385 e. The number of methoxy groups -OCH3 is 1. The number of guanidine groups is 1. The first-order valence-electron chi connectivity index (χ1n) is 6.38. The average Bonchev–Trinajstić information content (AvgIpc) is 2.74. The Labute approximate surface area is 128 Å². The predicted octanol–water partition coefficient (Wildman–Crippen LogP) is 0.758. The lowest BCUT2D eigenvalue weighted by Gasteiger charge is -2.15. The number of nitrogens with one attached hydrogen (secondary N) is 2. The van der Waals surface area contributed by atoms with E-state index >= 15 is 0 Å². The van der Waals surface area contributed by atoms with Crippen molar-refractivity contribution in [3.05, 3.63) is 0 Å². The monoisotopic (exact) mass is 370 g/mol. The van der Waals surface area contributed by atoms with Gasteiger partial charge in [0.25, 0.3) is 0 Å². The van der Waals surface area contributed by atoms with Crippen molar-refractivity contribution in [3.63, 3.8) is 0 Å². The van der Waals surface area contributed by atoms with Crippen LogP contribution in [0.1, 0.15) is 12.8 Å². The highest BCUT2D eigenvalue weighted by Gasteiger charge is 2.19. The zero-order chi connectivity index (χ0) is 12.5. The second-order valence-electron chi connectivity index (χ2n) is 4.64. The Bertz CT molecular complexity index is 238. The number of rotatable bonds is 6. The van der Waals surface area contributed by atoms with Crippen molar-refractivity contribution >= 4 is 29.9 Å². The van der Waals surface area contributed by atoms with Gasteiger partial charge in [0.1, 0.15) is 0 Å². The van der Waals surface area contributed by atoms with Crippen molar-refractivity contribution in [2.75, 3.05) is 54.0 Å². The average molecular weight is 370 g/mol. The summed E-state index contributed by atoms with van der Waals surface area (Å²) in [5, 5.41) is 6.66. The maximum atomic E-state index is 5.00. The second kappa shape index (κ2) is 10.8. The van der Waals surface area contributed by atoms with Gasteiger partial charge in [-0.15, -0.1) is 24.0 Å². The highest BCUT2D eigenvalue weighted by atomic mass is 127. The fraction of sp³-hybridized carbons (Fsp3) is 0.917. The molecule has 0 aromatic rings. The van der Waals surface area contributed by atoms with Crippen molar-refractivity contribution in [3.8, 4) is 0 Å². The normalized spacial score (nSPS) is 20.6. The fourth-order valence-corrected chi connectivity index (χ4v) is 2.08. The second-order valence-corrected chi connectivity index (χ2v) is 4.64. The molecule has 0 saturated carbocycles. The highest BCUT2D eigenvalue weighted by molar-refractivity contribution is 14.0. The molecule has 0 aromatic carbocycles. The zero-order valence-electron chi connectivity index (χ0n) is 11.7. The molecule has 1 heterocycles. The van der Waals surface area contributed by atoms with Crippen molar-refractivity contribution in [2.24, 2.45) is 10.9 Å². The van der Waals surface area contributed by atoms with Gasteiger partial charge in [-0.3, -0.25) is 4.99 Å². The Morgan fingerprint density at radius 3 is 2.78 bits per heavy atom. The fourth-order valence-electron chi connectivity index (χ4n) is 2.08. The third kappa shape index (κ3) is 7.38. The number of nitrogens with zero attached hydrogens (tertiary/aromatic N) is 2. The Balaban J connectivity index is 0.00000289. The molecule has 0 bridgehead atoms. The van der Waals surface area contributed by atoms with E-state index in [4.69, 9.17) is 4.74 Å². The lowest BCUT2D eigenvalue weighted by atomic mass is 10.1. The van der Waals surface area contributed by atoms with Gasteiger partial charge >= 0.3 is 0 Å². The number of ether oxygens (including phenoxy) is 1. The van der Waals surface area contributed by atoms with Crippen LogP contribution in [0.4, 0.5) is 0 Å². The number of aliphatic imine (C=N–C) groups is 1. The molecule has 1 fully saturated rings. The quantitative estimate of drug-likeness (QED) is 0.314. The molecule has 18 heavy (non-hydrogen) atoms. The Morgan fingerprint density at radius 1 is 1.44 bits per heavy atom. The molecule has 108 valence electrons. The first-order chi connectivity index (χ1) is 8.26. The van der Waals surface area contributed by atoms with Gasteiger partial charge in [-0.05, 0) is 32.4 Å². The lowest BCUT2D eigenvalue weighted by molar-refractivity contribution is 0.195. The molecule has 1 saturated heterocycles. The maximum Gasteiger partial charge on any atom is 0.190 e. The molecule has 1 unspecified atom stereocenters. The van der Waals surface area contributed by atoms with Crippen molar-refractivity contribution in [1.82, 2.24) is 15.5 Å². The van der Waals surface area contributed by atoms with Gasteiger partial charge < -0.3 is 20.3 Å². The summed E-state index contributed by atoms with van der Waals surface area (Å²) >= 11 is 0.